The van der Waals surface area contributed by atoms with Gasteiger partial charge >= 0.3 is 12.2 Å². The number of ether oxygens (including phenoxy) is 2. The maximum Gasteiger partial charge on any atom is 0.413 e. The van der Waals surface area contributed by atoms with Gasteiger partial charge in [-0.05, 0) is 18.4 Å². The zero-order valence-corrected chi connectivity index (χ0v) is 10.6. The van der Waals surface area contributed by atoms with Crippen LogP contribution in [0.15, 0.2) is 23.9 Å². The normalized spacial score (nSPS) is 29.1. The molecule has 19 heavy (non-hydrogen) atoms. The lowest BCUT2D eigenvalue weighted by Crippen LogP contribution is -2.38. The summed E-state index contributed by atoms with van der Waals surface area (Å²) >= 11 is 0. The first kappa shape index (κ1) is 12.1. The monoisotopic (exact) mass is 264 g/mol. The highest BCUT2D eigenvalue weighted by Crippen LogP contribution is 2.26. The van der Waals surface area contributed by atoms with Crippen LogP contribution < -0.4 is 0 Å². The van der Waals surface area contributed by atoms with Crippen molar-refractivity contribution in [3.05, 3.63) is 23.9 Å². The van der Waals surface area contributed by atoms with Gasteiger partial charge in [0.1, 0.15) is 13.2 Å². The summed E-state index contributed by atoms with van der Waals surface area (Å²) < 4.78 is 9.89. The first-order valence-electron chi connectivity index (χ1n) is 6.50. The number of carbonyl (C=O) groups excluding carboxylic acids is 2. The Balaban J connectivity index is 1.82. The number of rotatable bonds is 2. The van der Waals surface area contributed by atoms with Crippen molar-refractivity contribution in [3.63, 3.8) is 0 Å². The van der Waals surface area contributed by atoms with Crippen molar-refractivity contribution in [2.45, 2.75) is 18.9 Å². The van der Waals surface area contributed by atoms with Gasteiger partial charge in [-0.15, -0.1) is 0 Å². The second-order valence-corrected chi connectivity index (χ2v) is 4.73. The third kappa shape index (κ3) is 2.30. The molecule has 2 amide bonds. The molecule has 6 heteroatoms. The maximum atomic E-state index is 11.7. The third-order valence-electron chi connectivity index (χ3n) is 3.54. The van der Waals surface area contributed by atoms with Crippen LogP contribution in [-0.2, 0) is 9.47 Å². The van der Waals surface area contributed by atoms with E-state index in [1.807, 2.05) is 12.3 Å². The molecule has 0 saturated carbocycles. The average Bonchev–Trinajstić information content (AvgIpc) is 3.00. The lowest BCUT2D eigenvalue weighted by molar-refractivity contribution is 0.155. The SMILES string of the molecule is O=C1OCCN1/C=C1/CCC=C[C@H]1N1CCOC1=O. The Hall–Kier alpha value is -1.98. The van der Waals surface area contributed by atoms with Gasteiger partial charge in [0.25, 0.3) is 0 Å². The van der Waals surface area contributed by atoms with Crippen molar-refractivity contribution in [3.8, 4) is 0 Å². The Bertz CT molecular complexity index is 458. The Labute approximate surface area is 111 Å². The van der Waals surface area contributed by atoms with E-state index in [0.29, 0.717) is 26.3 Å². The quantitative estimate of drug-likeness (QED) is 0.709. The molecule has 1 atom stereocenters. The summed E-state index contributed by atoms with van der Waals surface area (Å²) in [6.45, 7) is 2.02. The molecule has 2 heterocycles. The highest BCUT2D eigenvalue weighted by atomic mass is 16.6. The van der Waals surface area contributed by atoms with Crippen molar-refractivity contribution >= 4 is 12.2 Å². The number of allylic oxidation sites excluding steroid dienone is 1. The Morgan fingerprint density at radius 1 is 1.16 bits per heavy atom. The summed E-state index contributed by atoms with van der Waals surface area (Å²) in [6, 6.07) is -0.0999. The fourth-order valence-corrected chi connectivity index (χ4v) is 2.57. The van der Waals surface area contributed by atoms with Crippen molar-refractivity contribution in [2.75, 3.05) is 26.3 Å². The highest BCUT2D eigenvalue weighted by molar-refractivity contribution is 5.72. The molecule has 0 radical (unpaired) electrons. The Morgan fingerprint density at radius 2 is 1.95 bits per heavy atom. The third-order valence-corrected chi connectivity index (χ3v) is 3.54. The van der Waals surface area contributed by atoms with E-state index >= 15 is 0 Å². The van der Waals surface area contributed by atoms with E-state index in [4.69, 9.17) is 9.47 Å². The standard InChI is InChI=1S/C13H16N2O4/c16-12-14(5-7-18-12)9-10-3-1-2-4-11(10)15-6-8-19-13(15)17/h2,4,9,11H,1,3,5-8H2/b10-9-/t11-/m1/s1. The van der Waals surface area contributed by atoms with Crippen LogP contribution in [0.2, 0.25) is 0 Å². The van der Waals surface area contributed by atoms with Crippen molar-refractivity contribution < 1.29 is 19.1 Å². The van der Waals surface area contributed by atoms with Crippen LogP contribution in [0.3, 0.4) is 0 Å². The van der Waals surface area contributed by atoms with Crippen LogP contribution >= 0.6 is 0 Å². The van der Waals surface area contributed by atoms with Crippen molar-refractivity contribution in [1.82, 2.24) is 9.80 Å². The number of hydrogen-bond acceptors (Lipinski definition) is 4. The van der Waals surface area contributed by atoms with Gasteiger partial charge in [0.2, 0.25) is 0 Å². The second-order valence-electron chi connectivity index (χ2n) is 4.73. The zero-order chi connectivity index (χ0) is 13.2. The first-order valence-corrected chi connectivity index (χ1v) is 6.50. The molecule has 6 nitrogen and oxygen atoms in total. The molecular formula is C13H16N2O4. The van der Waals surface area contributed by atoms with E-state index < -0.39 is 0 Å². The van der Waals surface area contributed by atoms with Gasteiger partial charge in [-0.2, -0.15) is 0 Å². The summed E-state index contributed by atoms with van der Waals surface area (Å²) in [4.78, 5) is 26.4. The minimum Gasteiger partial charge on any atom is -0.448 e. The fourth-order valence-electron chi connectivity index (χ4n) is 2.57. The molecule has 0 N–H and O–H groups in total. The van der Waals surface area contributed by atoms with Crippen LogP contribution in [0.5, 0.6) is 0 Å². The van der Waals surface area contributed by atoms with E-state index in [2.05, 4.69) is 6.08 Å². The molecule has 0 spiro atoms. The van der Waals surface area contributed by atoms with Crippen LogP contribution in [0.1, 0.15) is 12.8 Å². The summed E-state index contributed by atoms with van der Waals surface area (Å²) in [6.07, 6.45) is 7.06. The summed E-state index contributed by atoms with van der Waals surface area (Å²) in [5.41, 5.74) is 1.06. The summed E-state index contributed by atoms with van der Waals surface area (Å²) in [5, 5.41) is 0. The molecular weight excluding hydrogens is 248 g/mol. The lowest BCUT2D eigenvalue weighted by atomic mass is 9.95. The number of amides is 2. The molecule has 102 valence electrons. The van der Waals surface area contributed by atoms with Gasteiger partial charge < -0.3 is 9.47 Å². The molecule has 3 rings (SSSR count). The second kappa shape index (κ2) is 4.95. The molecule has 0 aromatic rings. The lowest BCUT2D eigenvalue weighted by Gasteiger charge is -2.28. The summed E-state index contributed by atoms with van der Waals surface area (Å²) in [5.74, 6) is 0. The van der Waals surface area contributed by atoms with E-state index in [9.17, 15) is 9.59 Å². The van der Waals surface area contributed by atoms with Gasteiger partial charge in [0.15, 0.2) is 0 Å². The number of hydrogen-bond donors (Lipinski definition) is 0. The predicted molar refractivity (Wildman–Crippen MR) is 66.4 cm³/mol. The molecule has 2 saturated heterocycles. The topological polar surface area (TPSA) is 59.1 Å². The van der Waals surface area contributed by atoms with Crippen LogP contribution in [0.25, 0.3) is 0 Å². The molecule has 1 aliphatic carbocycles. The molecule has 0 aromatic heterocycles. The molecule has 0 unspecified atom stereocenters. The minimum atomic E-state index is -0.315. The van der Waals surface area contributed by atoms with Crippen molar-refractivity contribution in [1.29, 1.82) is 0 Å². The maximum absolute atomic E-state index is 11.7. The number of cyclic esters (lactones) is 2. The largest absolute Gasteiger partial charge is 0.448 e. The van der Waals surface area contributed by atoms with Gasteiger partial charge in [-0.1, -0.05) is 12.2 Å². The van der Waals surface area contributed by atoms with Crippen LogP contribution in [-0.4, -0.2) is 54.3 Å². The fraction of sp³-hybridized carbons (Fsp3) is 0.538. The smallest absolute Gasteiger partial charge is 0.413 e. The van der Waals surface area contributed by atoms with E-state index in [-0.39, 0.29) is 18.2 Å². The van der Waals surface area contributed by atoms with Gasteiger partial charge in [0.05, 0.1) is 19.1 Å². The van der Waals surface area contributed by atoms with Gasteiger partial charge in [0, 0.05) is 6.20 Å². The van der Waals surface area contributed by atoms with Gasteiger partial charge in [-0.25, -0.2) is 9.59 Å². The molecule has 0 aromatic carbocycles. The first-order chi connectivity index (χ1) is 9.25. The van der Waals surface area contributed by atoms with E-state index in [0.717, 1.165) is 18.4 Å². The van der Waals surface area contributed by atoms with E-state index in [1.54, 1.807) is 9.80 Å². The minimum absolute atomic E-state index is 0.0999. The zero-order valence-electron chi connectivity index (χ0n) is 10.6. The van der Waals surface area contributed by atoms with Crippen LogP contribution in [0.4, 0.5) is 9.59 Å². The van der Waals surface area contributed by atoms with E-state index in [1.165, 1.54) is 0 Å². The summed E-state index contributed by atoms with van der Waals surface area (Å²) in [7, 11) is 0. The average molecular weight is 264 g/mol. The number of carbonyl (C=O) groups is 2. The van der Waals surface area contributed by atoms with Gasteiger partial charge in [-0.3, -0.25) is 9.80 Å². The number of nitrogens with zero attached hydrogens (tertiary/aromatic N) is 2. The molecule has 2 aliphatic heterocycles. The Morgan fingerprint density at radius 3 is 2.63 bits per heavy atom. The Kier molecular flexibility index (Phi) is 3.15. The molecule has 0 bridgehead atoms. The van der Waals surface area contributed by atoms with Crippen molar-refractivity contribution in [2.24, 2.45) is 0 Å². The van der Waals surface area contributed by atoms with Crippen LogP contribution in [0, 0.1) is 0 Å². The predicted octanol–water partition coefficient (Wildman–Crippen LogP) is 1.49. The molecule has 2 fully saturated rings. The highest BCUT2D eigenvalue weighted by Gasteiger charge is 2.32. The molecule has 3 aliphatic rings.